The first-order valence-electron chi connectivity index (χ1n) is 10.5. The molecule has 0 spiro atoms. The van der Waals surface area contributed by atoms with Crippen molar-refractivity contribution in [3.05, 3.63) is 24.4 Å². The van der Waals surface area contributed by atoms with E-state index in [0.29, 0.717) is 46.9 Å². The molecule has 0 saturated heterocycles. The van der Waals surface area contributed by atoms with Crippen molar-refractivity contribution >= 4 is 28.4 Å². The molecule has 13 heteroatoms. The van der Waals surface area contributed by atoms with Gasteiger partial charge in [0.05, 0.1) is 5.69 Å². The molecule has 33 heavy (non-hydrogen) atoms. The molecule has 4 aromatic rings. The minimum Gasteiger partial charge on any atom is -0.371 e. The molecule has 1 aliphatic carbocycles. The molecule has 4 aromatic heterocycles. The molecule has 9 nitrogen and oxygen atoms in total. The van der Waals surface area contributed by atoms with Crippen molar-refractivity contribution in [2.45, 2.75) is 50.6 Å². The van der Waals surface area contributed by atoms with Crippen LogP contribution in [-0.4, -0.2) is 60.0 Å². The Kier molecular flexibility index (Phi) is 5.25. The van der Waals surface area contributed by atoms with E-state index < -0.39 is 18.9 Å². The Morgan fingerprint density at radius 1 is 1.15 bits per heavy atom. The van der Waals surface area contributed by atoms with Crippen LogP contribution in [0.1, 0.15) is 25.7 Å². The number of nitrogens with zero attached hydrogens (tertiary/aromatic N) is 7. The van der Waals surface area contributed by atoms with Crippen LogP contribution >= 0.6 is 0 Å². The molecule has 0 unspecified atom stereocenters. The lowest BCUT2D eigenvalue weighted by Gasteiger charge is -2.28. The number of nitrogens with one attached hydrogen (secondary N) is 2. The van der Waals surface area contributed by atoms with Gasteiger partial charge in [-0.15, -0.1) is 10.2 Å². The summed E-state index contributed by atoms with van der Waals surface area (Å²) in [4.78, 5) is 9.03. The first-order chi connectivity index (χ1) is 15.8. The van der Waals surface area contributed by atoms with E-state index in [-0.39, 0.29) is 24.5 Å². The number of fused-ring (bicyclic) bond motifs is 2. The predicted molar refractivity (Wildman–Crippen MR) is 114 cm³/mol. The summed E-state index contributed by atoms with van der Waals surface area (Å²) in [6.07, 6.45) is -0.501. The van der Waals surface area contributed by atoms with Crippen LogP contribution in [0.2, 0.25) is 0 Å². The first kappa shape index (κ1) is 21.3. The monoisotopic (exact) mass is 463 g/mol. The van der Waals surface area contributed by atoms with Gasteiger partial charge < -0.3 is 10.6 Å². The van der Waals surface area contributed by atoms with Gasteiger partial charge in [0.15, 0.2) is 11.5 Å². The molecule has 0 bridgehead atoms. The van der Waals surface area contributed by atoms with Gasteiger partial charge in [-0.05, 0) is 31.0 Å². The molecule has 1 fully saturated rings. The maximum absolute atomic E-state index is 13.4. The summed E-state index contributed by atoms with van der Waals surface area (Å²) in [6, 6.07) is 5.07. The van der Waals surface area contributed by atoms with Crippen molar-refractivity contribution < 1.29 is 17.6 Å². The Labute approximate surface area is 185 Å². The van der Waals surface area contributed by atoms with E-state index in [9.17, 15) is 17.6 Å². The van der Waals surface area contributed by atoms with Gasteiger partial charge in [0.1, 0.15) is 17.6 Å². The van der Waals surface area contributed by atoms with E-state index >= 15 is 0 Å². The maximum Gasteiger partial charge on any atom is 0.258 e. The molecular formula is C20H21F4N9. The third-order valence-corrected chi connectivity index (χ3v) is 5.74. The highest BCUT2D eigenvalue weighted by Gasteiger charge is 2.35. The van der Waals surface area contributed by atoms with Crippen molar-refractivity contribution in [1.82, 2.24) is 34.6 Å². The molecule has 0 atom stereocenters. The molecule has 174 valence electrons. The van der Waals surface area contributed by atoms with Crippen LogP contribution in [0.5, 0.6) is 0 Å². The SMILES string of the molecule is CNc1nc(NC2CCC(F)(F)CC2)nn2ccc(-c3ccc4nnn(CC(F)F)c4n3)c12. The molecule has 0 aromatic carbocycles. The molecule has 4 heterocycles. The average Bonchev–Trinajstić information content (AvgIpc) is 3.38. The minimum absolute atomic E-state index is 0.131. The Balaban J connectivity index is 1.49. The van der Waals surface area contributed by atoms with Crippen molar-refractivity contribution in [3.63, 3.8) is 0 Å². The summed E-state index contributed by atoms with van der Waals surface area (Å²) in [5.74, 6) is -1.77. The number of anilines is 2. The normalized spacial score (nSPS) is 16.7. The van der Waals surface area contributed by atoms with Gasteiger partial charge in [-0.1, -0.05) is 5.21 Å². The fraction of sp³-hybridized carbons (Fsp3) is 0.450. The van der Waals surface area contributed by atoms with Crippen LogP contribution in [0.4, 0.5) is 29.3 Å². The van der Waals surface area contributed by atoms with Crippen LogP contribution in [0.25, 0.3) is 27.9 Å². The first-order valence-corrected chi connectivity index (χ1v) is 10.5. The molecule has 1 saturated carbocycles. The lowest BCUT2D eigenvalue weighted by molar-refractivity contribution is -0.0361. The van der Waals surface area contributed by atoms with Crippen molar-refractivity contribution in [2.24, 2.45) is 0 Å². The topological polar surface area (TPSA) is 97.9 Å². The van der Waals surface area contributed by atoms with Gasteiger partial charge in [0.25, 0.3) is 6.43 Å². The summed E-state index contributed by atoms with van der Waals surface area (Å²) in [5.41, 5.74) is 2.52. The highest BCUT2D eigenvalue weighted by molar-refractivity contribution is 5.89. The van der Waals surface area contributed by atoms with E-state index in [2.05, 4.69) is 36.0 Å². The largest absolute Gasteiger partial charge is 0.371 e. The quantitative estimate of drug-likeness (QED) is 0.420. The van der Waals surface area contributed by atoms with Crippen molar-refractivity contribution in [3.8, 4) is 11.3 Å². The number of rotatable bonds is 6. The maximum atomic E-state index is 13.4. The van der Waals surface area contributed by atoms with Gasteiger partial charge in [-0.3, -0.25) is 0 Å². The Bertz CT molecular complexity index is 1290. The zero-order chi connectivity index (χ0) is 23.2. The van der Waals surface area contributed by atoms with Crippen LogP contribution in [0.15, 0.2) is 24.4 Å². The lowest BCUT2D eigenvalue weighted by Crippen LogP contribution is -2.32. The van der Waals surface area contributed by atoms with Gasteiger partial charge in [0.2, 0.25) is 11.9 Å². The van der Waals surface area contributed by atoms with E-state index in [1.807, 2.05) is 0 Å². The number of hydrogen-bond donors (Lipinski definition) is 2. The van der Waals surface area contributed by atoms with Crippen LogP contribution in [0, 0.1) is 0 Å². The molecular weight excluding hydrogens is 442 g/mol. The smallest absolute Gasteiger partial charge is 0.258 e. The van der Waals surface area contributed by atoms with E-state index in [1.54, 1.807) is 36.0 Å². The van der Waals surface area contributed by atoms with Crippen LogP contribution < -0.4 is 10.6 Å². The zero-order valence-electron chi connectivity index (χ0n) is 17.6. The predicted octanol–water partition coefficient (Wildman–Crippen LogP) is 3.83. The highest BCUT2D eigenvalue weighted by atomic mass is 19.3. The molecule has 5 rings (SSSR count). The molecule has 0 amide bonds. The number of pyridine rings is 1. The van der Waals surface area contributed by atoms with Crippen LogP contribution in [0.3, 0.4) is 0 Å². The minimum atomic E-state index is -2.61. The second kappa shape index (κ2) is 8.12. The zero-order valence-corrected chi connectivity index (χ0v) is 17.6. The molecule has 2 N–H and O–H groups in total. The average molecular weight is 463 g/mol. The second-order valence-corrected chi connectivity index (χ2v) is 8.03. The van der Waals surface area contributed by atoms with Crippen molar-refractivity contribution in [2.75, 3.05) is 17.7 Å². The lowest BCUT2D eigenvalue weighted by atomic mass is 9.92. The summed E-state index contributed by atoms with van der Waals surface area (Å²) in [6.45, 7) is -0.601. The number of hydrogen-bond acceptors (Lipinski definition) is 7. The number of alkyl halides is 4. The van der Waals surface area contributed by atoms with Gasteiger partial charge in [-0.2, -0.15) is 4.98 Å². The van der Waals surface area contributed by atoms with Gasteiger partial charge in [-0.25, -0.2) is 31.7 Å². The van der Waals surface area contributed by atoms with Gasteiger partial charge in [0, 0.05) is 37.7 Å². The van der Waals surface area contributed by atoms with E-state index in [4.69, 9.17) is 0 Å². The van der Waals surface area contributed by atoms with Crippen LogP contribution in [-0.2, 0) is 6.54 Å². The molecule has 0 aliphatic heterocycles. The van der Waals surface area contributed by atoms with E-state index in [1.165, 1.54) is 0 Å². The third-order valence-electron chi connectivity index (χ3n) is 5.74. The summed E-state index contributed by atoms with van der Waals surface area (Å²) < 4.78 is 55.3. The highest BCUT2D eigenvalue weighted by Crippen LogP contribution is 2.34. The molecule has 0 radical (unpaired) electrons. The van der Waals surface area contributed by atoms with E-state index in [0.717, 1.165) is 4.68 Å². The Morgan fingerprint density at radius 3 is 2.67 bits per heavy atom. The standard InChI is InChI=1S/C20H21F4N9/c1-25-17-16-12(13-2-3-14-18(27-13)33(31-29-14)10-15(21)22)6-9-32(16)30-19(28-17)26-11-4-7-20(23,24)8-5-11/h2-3,6,9,11,15H,4-5,7-8,10H2,1H3,(H2,25,26,28,30). The number of halogens is 4. The number of aromatic nitrogens is 7. The Hall–Kier alpha value is -3.51. The third kappa shape index (κ3) is 4.14. The Morgan fingerprint density at radius 2 is 1.94 bits per heavy atom. The van der Waals surface area contributed by atoms with Gasteiger partial charge >= 0.3 is 0 Å². The van der Waals surface area contributed by atoms with Crippen molar-refractivity contribution in [1.29, 1.82) is 0 Å². The molecule has 1 aliphatic rings. The second-order valence-electron chi connectivity index (χ2n) is 8.03. The summed E-state index contributed by atoms with van der Waals surface area (Å²) in [5, 5.41) is 18.3. The summed E-state index contributed by atoms with van der Waals surface area (Å²) >= 11 is 0. The fourth-order valence-corrected chi connectivity index (χ4v) is 4.09. The summed E-state index contributed by atoms with van der Waals surface area (Å²) in [7, 11) is 1.71. The fourth-order valence-electron chi connectivity index (χ4n) is 4.09.